The monoisotopic (exact) mass is 551 g/mol. The van der Waals surface area contributed by atoms with Crippen LogP contribution >= 0.6 is 11.3 Å². The van der Waals surface area contributed by atoms with E-state index < -0.39 is 0 Å². The molecular formula is C28H26FN3O6S. The average Bonchev–Trinajstić information content (AvgIpc) is 3.58. The van der Waals surface area contributed by atoms with Gasteiger partial charge in [0, 0.05) is 12.0 Å². The van der Waals surface area contributed by atoms with Crippen molar-refractivity contribution in [1.29, 1.82) is 0 Å². The van der Waals surface area contributed by atoms with Crippen molar-refractivity contribution in [2.45, 2.75) is 19.4 Å². The summed E-state index contributed by atoms with van der Waals surface area (Å²) < 4.78 is 36.2. The van der Waals surface area contributed by atoms with Crippen molar-refractivity contribution in [3.05, 3.63) is 71.0 Å². The van der Waals surface area contributed by atoms with Gasteiger partial charge in [0.2, 0.25) is 5.75 Å². The molecule has 1 amide bonds. The number of thiazole rings is 1. The van der Waals surface area contributed by atoms with Crippen LogP contribution < -0.4 is 24.3 Å². The Balaban J connectivity index is 1.24. The van der Waals surface area contributed by atoms with Crippen LogP contribution in [0.4, 0.5) is 9.52 Å². The molecule has 11 heteroatoms. The van der Waals surface area contributed by atoms with Gasteiger partial charge in [-0.25, -0.2) is 9.37 Å². The zero-order chi connectivity index (χ0) is 27.5. The fraction of sp³-hybridized carbons (Fsp3) is 0.250. The largest absolute Gasteiger partial charge is 0.493 e. The second-order valence-corrected chi connectivity index (χ2v) is 9.77. The molecule has 0 saturated heterocycles. The molecule has 1 aromatic heterocycles. The molecule has 0 fully saturated rings. The van der Waals surface area contributed by atoms with Gasteiger partial charge in [-0.3, -0.25) is 10.1 Å². The van der Waals surface area contributed by atoms with Crippen molar-refractivity contribution >= 4 is 38.3 Å². The minimum atomic E-state index is -0.371. The summed E-state index contributed by atoms with van der Waals surface area (Å²) in [6.45, 7) is 1.68. The number of ether oxygens (including phenoxy) is 4. The van der Waals surface area contributed by atoms with Crippen molar-refractivity contribution < 1.29 is 33.0 Å². The van der Waals surface area contributed by atoms with Gasteiger partial charge in [-0.05, 0) is 54.4 Å². The lowest BCUT2D eigenvalue weighted by Crippen LogP contribution is -2.20. The molecular weight excluding hydrogens is 525 g/mol. The van der Waals surface area contributed by atoms with E-state index >= 15 is 0 Å². The van der Waals surface area contributed by atoms with Gasteiger partial charge in [-0.2, -0.15) is 0 Å². The molecule has 2 heterocycles. The van der Waals surface area contributed by atoms with Crippen molar-refractivity contribution in [1.82, 2.24) is 4.98 Å². The maximum Gasteiger partial charge on any atom is 0.264 e. The van der Waals surface area contributed by atoms with Gasteiger partial charge < -0.3 is 23.8 Å². The zero-order valence-corrected chi connectivity index (χ0v) is 22.6. The second-order valence-electron chi connectivity index (χ2n) is 8.74. The predicted octanol–water partition coefficient (Wildman–Crippen LogP) is 5.65. The van der Waals surface area contributed by atoms with E-state index in [0.29, 0.717) is 44.8 Å². The van der Waals surface area contributed by atoms with Crippen LogP contribution in [0.3, 0.4) is 0 Å². The lowest BCUT2D eigenvalue weighted by molar-refractivity contribution is -0.118. The fourth-order valence-corrected chi connectivity index (χ4v) is 5.10. The third kappa shape index (κ3) is 5.58. The Morgan fingerprint density at radius 3 is 2.54 bits per heavy atom. The smallest absolute Gasteiger partial charge is 0.264 e. The van der Waals surface area contributed by atoms with Crippen LogP contribution in [0.1, 0.15) is 29.2 Å². The van der Waals surface area contributed by atoms with Crippen LogP contribution in [-0.4, -0.2) is 44.5 Å². The highest BCUT2D eigenvalue weighted by Gasteiger charge is 2.27. The molecule has 0 aliphatic carbocycles. The molecule has 1 atom stereocenters. The minimum absolute atomic E-state index is 0.215. The van der Waals surface area contributed by atoms with Crippen molar-refractivity contribution in [2.24, 2.45) is 5.16 Å². The molecule has 0 saturated carbocycles. The van der Waals surface area contributed by atoms with Crippen molar-refractivity contribution in [3.63, 3.8) is 0 Å². The number of halogens is 1. The lowest BCUT2D eigenvalue weighted by Gasteiger charge is -2.14. The van der Waals surface area contributed by atoms with Gasteiger partial charge in [-0.15, -0.1) is 0 Å². The van der Waals surface area contributed by atoms with Gasteiger partial charge in [0.05, 0.1) is 37.3 Å². The van der Waals surface area contributed by atoms with Crippen molar-refractivity contribution in [2.75, 3.05) is 33.3 Å². The normalized spacial score (nSPS) is 14.5. The van der Waals surface area contributed by atoms with Crippen LogP contribution in [0.5, 0.6) is 23.0 Å². The number of carbonyl (C=O) groups excluding carboxylic acids is 1. The SMILES string of the molecule is COc1cc(C2=NOC(c3ccc(C)c(OCC(=O)Nc4nc5ccc(F)cc5s4)c3)C2)cc(OC)c1OC. The highest BCUT2D eigenvalue weighted by atomic mass is 32.1. The number of oxime groups is 1. The van der Waals surface area contributed by atoms with Crippen LogP contribution in [0, 0.1) is 12.7 Å². The first-order valence-corrected chi connectivity index (χ1v) is 12.8. The molecule has 9 nitrogen and oxygen atoms in total. The maximum atomic E-state index is 13.4. The number of benzene rings is 3. The summed E-state index contributed by atoms with van der Waals surface area (Å²) >= 11 is 1.20. The van der Waals surface area contributed by atoms with E-state index in [1.165, 1.54) is 23.5 Å². The number of rotatable bonds is 9. The van der Waals surface area contributed by atoms with Crippen molar-refractivity contribution in [3.8, 4) is 23.0 Å². The number of hydrogen-bond donors (Lipinski definition) is 1. The molecule has 1 N–H and O–H groups in total. The molecule has 1 unspecified atom stereocenters. The molecule has 39 heavy (non-hydrogen) atoms. The van der Waals surface area contributed by atoms with Crippen LogP contribution in [0.25, 0.3) is 10.2 Å². The average molecular weight is 552 g/mol. The minimum Gasteiger partial charge on any atom is -0.493 e. The number of hydrogen-bond acceptors (Lipinski definition) is 9. The topological polar surface area (TPSA) is 100 Å². The van der Waals surface area contributed by atoms with E-state index in [1.54, 1.807) is 27.4 Å². The Morgan fingerprint density at radius 1 is 1.05 bits per heavy atom. The van der Waals surface area contributed by atoms with Gasteiger partial charge >= 0.3 is 0 Å². The highest BCUT2D eigenvalue weighted by Crippen LogP contribution is 2.40. The maximum absolute atomic E-state index is 13.4. The molecule has 3 aromatic carbocycles. The van der Waals surface area contributed by atoms with E-state index in [4.69, 9.17) is 23.8 Å². The number of nitrogens with one attached hydrogen (secondary N) is 1. The summed E-state index contributed by atoms with van der Waals surface area (Å²) in [5.74, 6) is 1.39. The van der Waals surface area contributed by atoms with E-state index in [0.717, 1.165) is 22.4 Å². The van der Waals surface area contributed by atoms with E-state index in [9.17, 15) is 9.18 Å². The summed E-state index contributed by atoms with van der Waals surface area (Å²) in [6, 6.07) is 13.7. The molecule has 4 aromatic rings. The number of nitrogens with zero attached hydrogens (tertiary/aromatic N) is 2. The van der Waals surface area contributed by atoms with Crippen LogP contribution in [0.2, 0.25) is 0 Å². The standard InChI is InChI=1S/C28H26FN3O6S/c1-15-5-6-16(22-13-20(32-38-22)17-10-23(34-2)27(36-4)24(11-17)35-3)9-21(15)37-14-26(33)31-28-30-19-8-7-18(29)12-25(19)39-28/h5-12,22H,13-14H2,1-4H3,(H,30,31,33). The molecule has 0 bridgehead atoms. The summed E-state index contributed by atoms with van der Waals surface area (Å²) in [6.07, 6.45) is 0.179. The molecule has 1 aliphatic rings. The quantitative estimate of drug-likeness (QED) is 0.287. The van der Waals surface area contributed by atoms with E-state index in [1.807, 2.05) is 37.3 Å². The molecule has 202 valence electrons. The van der Waals surface area contributed by atoms with Crippen LogP contribution in [-0.2, 0) is 9.63 Å². The van der Waals surface area contributed by atoms with E-state index in [2.05, 4.69) is 15.5 Å². The number of aryl methyl sites for hydroxylation is 1. The van der Waals surface area contributed by atoms with Gasteiger partial charge in [0.25, 0.3) is 5.91 Å². The molecule has 0 spiro atoms. The predicted molar refractivity (Wildman–Crippen MR) is 146 cm³/mol. The Morgan fingerprint density at radius 2 is 1.82 bits per heavy atom. The number of amides is 1. The number of aromatic nitrogens is 1. The number of carbonyl (C=O) groups is 1. The number of fused-ring (bicyclic) bond motifs is 1. The second kappa shape index (κ2) is 11.2. The first-order chi connectivity index (χ1) is 18.9. The van der Waals surface area contributed by atoms with Gasteiger partial charge in [0.15, 0.2) is 29.3 Å². The highest BCUT2D eigenvalue weighted by molar-refractivity contribution is 7.22. The summed E-state index contributed by atoms with van der Waals surface area (Å²) in [7, 11) is 4.67. The number of methoxy groups -OCH3 is 3. The third-order valence-electron chi connectivity index (χ3n) is 6.21. The molecule has 0 radical (unpaired) electrons. The lowest BCUT2D eigenvalue weighted by atomic mass is 9.98. The Bertz CT molecular complexity index is 1550. The molecule has 1 aliphatic heterocycles. The van der Waals surface area contributed by atoms with Gasteiger partial charge in [0.1, 0.15) is 11.6 Å². The summed E-state index contributed by atoms with van der Waals surface area (Å²) in [5, 5.41) is 7.39. The Hall–Kier alpha value is -4.38. The first-order valence-electron chi connectivity index (χ1n) is 12.0. The van der Waals surface area contributed by atoms with E-state index in [-0.39, 0.29) is 24.4 Å². The zero-order valence-electron chi connectivity index (χ0n) is 21.7. The first kappa shape index (κ1) is 26.2. The fourth-order valence-electron chi connectivity index (χ4n) is 4.20. The number of anilines is 1. The van der Waals surface area contributed by atoms with Gasteiger partial charge in [-0.1, -0.05) is 28.6 Å². The van der Waals surface area contributed by atoms with Crippen LogP contribution in [0.15, 0.2) is 53.7 Å². The molecule has 5 rings (SSSR count). The Kier molecular flexibility index (Phi) is 7.51. The Labute approximate surface area is 228 Å². The summed E-state index contributed by atoms with van der Waals surface area (Å²) in [5.41, 5.74) is 3.87. The third-order valence-corrected chi connectivity index (χ3v) is 7.14. The summed E-state index contributed by atoms with van der Waals surface area (Å²) in [4.78, 5) is 22.6.